The molecule has 0 atom stereocenters. The number of benzene rings is 8. The lowest BCUT2D eigenvalue weighted by molar-refractivity contribution is 0.332. The van der Waals surface area contributed by atoms with Gasteiger partial charge in [-0.05, 0) is 98.5 Å². The van der Waals surface area contributed by atoms with Crippen LogP contribution in [0.4, 0.5) is 0 Å². The average molecular weight is 761 g/mol. The van der Waals surface area contributed by atoms with Gasteiger partial charge in [0.1, 0.15) is 0 Å². The van der Waals surface area contributed by atoms with Crippen LogP contribution >= 0.6 is 0 Å². The number of hydrogen-bond acceptors (Lipinski definition) is 3. The number of aromatic nitrogens is 4. The quantitative estimate of drug-likeness (QED) is 0.175. The normalized spacial score (nSPS) is 14.6. The second kappa shape index (κ2) is 13.3. The Balaban J connectivity index is 1.16. The highest BCUT2D eigenvalue weighted by Crippen LogP contribution is 2.49. The van der Waals surface area contributed by atoms with Gasteiger partial charge in [0.25, 0.3) is 0 Å². The summed E-state index contributed by atoms with van der Waals surface area (Å²) in [7, 11) is 0. The molecule has 0 N–H and O–H groups in total. The van der Waals surface area contributed by atoms with Crippen molar-refractivity contribution in [1.29, 1.82) is 0 Å². The van der Waals surface area contributed by atoms with Crippen molar-refractivity contribution in [3.8, 4) is 51.0 Å². The Labute approximate surface area is 344 Å². The zero-order valence-corrected chi connectivity index (χ0v) is 33.9. The smallest absolute Gasteiger partial charge is 0.164 e. The molecule has 284 valence electrons. The van der Waals surface area contributed by atoms with Crippen LogP contribution in [-0.4, -0.2) is 19.5 Å². The van der Waals surface area contributed by atoms with Crippen LogP contribution in [0, 0.1) is 0 Å². The molecule has 2 heterocycles. The van der Waals surface area contributed by atoms with Gasteiger partial charge in [-0.3, -0.25) is 0 Å². The highest BCUT2D eigenvalue weighted by atomic mass is 15.0. The molecule has 10 aromatic rings. The minimum atomic E-state index is 0.0738. The minimum absolute atomic E-state index is 0.0738. The van der Waals surface area contributed by atoms with Gasteiger partial charge in [-0.1, -0.05) is 161 Å². The van der Waals surface area contributed by atoms with Gasteiger partial charge in [0.05, 0.1) is 16.7 Å². The molecular weight excluding hydrogens is 717 g/mol. The fourth-order valence-electron chi connectivity index (χ4n) is 9.52. The molecule has 4 heteroatoms. The van der Waals surface area contributed by atoms with Crippen LogP contribution in [-0.2, 0) is 10.8 Å². The van der Waals surface area contributed by atoms with E-state index in [1.165, 1.54) is 50.1 Å². The third kappa shape index (κ3) is 5.85. The molecular formula is C55H44N4. The van der Waals surface area contributed by atoms with Gasteiger partial charge in [0.2, 0.25) is 0 Å². The first-order chi connectivity index (χ1) is 28.7. The Morgan fingerprint density at radius 3 is 1.66 bits per heavy atom. The van der Waals surface area contributed by atoms with Gasteiger partial charge in [0.15, 0.2) is 17.5 Å². The van der Waals surface area contributed by atoms with Crippen LogP contribution in [0.3, 0.4) is 0 Å². The number of nitrogens with zero attached hydrogens (tertiary/aromatic N) is 4. The van der Waals surface area contributed by atoms with Crippen molar-refractivity contribution in [3.05, 3.63) is 181 Å². The average Bonchev–Trinajstić information content (AvgIpc) is 3.58. The topological polar surface area (TPSA) is 43.6 Å². The Bertz CT molecular complexity index is 3270. The van der Waals surface area contributed by atoms with Gasteiger partial charge in [-0.25, -0.2) is 15.0 Å². The van der Waals surface area contributed by atoms with E-state index < -0.39 is 0 Å². The lowest BCUT2D eigenvalue weighted by Crippen LogP contribution is -2.33. The number of hydrogen-bond donors (Lipinski definition) is 0. The Kier molecular flexibility index (Phi) is 7.96. The summed E-state index contributed by atoms with van der Waals surface area (Å²) >= 11 is 0. The van der Waals surface area contributed by atoms with E-state index in [0.717, 1.165) is 50.7 Å². The maximum absolute atomic E-state index is 5.26. The summed E-state index contributed by atoms with van der Waals surface area (Å²) in [6, 6.07) is 61.0. The van der Waals surface area contributed by atoms with E-state index in [1.807, 2.05) is 24.3 Å². The highest BCUT2D eigenvalue weighted by Gasteiger charge is 2.38. The number of rotatable bonds is 5. The first-order valence-corrected chi connectivity index (χ1v) is 20.7. The van der Waals surface area contributed by atoms with Gasteiger partial charge in [-0.15, -0.1) is 0 Å². The van der Waals surface area contributed by atoms with Gasteiger partial charge < -0.3 is 4.57 Å². The minimum Gasteiger partial charge on any atom is -0.309 e. The molecule has 0 unspecified atom stereocenters. The van der Waals surface area contributed by atoms with E-state index in [-0.39, 0.29) is 10.8 Å². The van der Waals surface area contributed by atoms with E-state index in [9.17, 15) is 0 Å². The van der Waals surface area contributed by atoms with Crippen molar-refractivity contribution in [1.82, 2.24) is 19.5 Å². The van der Waals surface area contributed by atoms with E-state index in [2.05, 4.69) is 178 Å². The predicted molar refractivity (Wildman–Crippen MR) is 246 cm³/mol. The summed E-state index contributed by atoms with van der Waals surface area (Å²) in [5, 5.41) is 7.30. The summed E-state index contributed by atoms with van der Waals surface area (Å²) in [6.07, 6.45) is 2.34. The highest BCUT2D eigenvalue weighted by molar-refractivity contribution is 6.15. The van der Waals surface area contributed by atoms with Crippen LogP contribution < -0.4 is 0 Å². The molecule has 0 fully saturated rings. The first kappa shape index (κ1) is 35.3. The third-order valence-electron chi connectivity index (χ3n) is 12.9. The van der Waals surface area contributed by atoms with Crippen molar-refractivity contribution in [2.24, 2.45) is 0 Å². The summed E-state index contributed by atoms with van der Waals surface area (Å²) in [6.45, 7) is 9.68. The Morgan fingerprint density at radius 1 is 0.390 bits per heavy atom. The lowest BCUT2D eigenvalue weighted by Gasteiger charge is -2.42. The Hall–Kier alpha value is -6.91. The molecule has 59 heavy (non-hydrogen) atoms. The monoisotopic (exact) mass is 760 g/mol. The van der Waals surface area contributed by atoms with Crippen LogP contribution in [0.5, 0.6) is 0 Å². The second-order valence-corrected chi connectivity index (χ2v) is 17.5. The number of fused-ring (bicyclic) bond motifs is 6. The molecule has 2 aromatic heterocycles. The predicted octanol–water partition coefficient (Wildman–Crippen LogP) is 14.3. The molecule has 1 aliphatic rings. The largest absolute Gasteiger partial charge is 0.309 e. The summed E-state index contributed by atoms with van der Waals surface area (Å²) < 4.78 is 2.52. The van der Waals surface area contributed by atoms with Crippen molar-refractivity contribution in [2.75, 3.05) is 0 Å². The van der Waals surface area contributed by atoms with Crippen LogP contribution in [0.15, 0.2) is 170 Å². The maximum atomic E-state index is 5.26. The van der Waals surface area contributed by atoms with Gasteiger partial charge in [0, 0.05) is 32.8 Å². The molecule has 0 bridgehead atoms. The van der Waals surface area contributed by atoms with E-state index in [1.54, 1.807) is 0 Å². The SMILES string of the molecule is CC1(C)CCC(C)(C)c2cc3c(cc21)c1cc2ccccc2cc1n3-c1cccc2c(-c3nc(-c4ccccc4)nc(-c4cccc(-c5ccccc5)c4)n3)cccc12. The Morgan fingerprint density at radius 2 is 0.915 bits per heavy atom. The third-order valence-corrected chi connectivity index (χ3v) is 12.9. The van der Waals surface area contributed by atoms with Crippen molar-refractivity contribution < 1.29 is 0 Å². The van der Waals surface area contributed by atoms with Gasteiger partial charge in [-0.2, -0.15) is 0 Å². The van der Waals surface area contributed by atoms with Crippen molar-refractivity contribution >= 4 is 43.4 Å². The van der Waals surface area contributed by atoms with E-state index in [4.69, 9.17) is 15.0 Å². The van der Waals surface area contributed by atoms with Crippen molar-refractivity contribution in [3.63, 3.8) is 0 Å². The maximum Gasteiger partial charge on any atom is 0.164 e. The molecule has 8 aromatic carbocycles. The standard InChI is InChI=1S/C55H44N4/c1-54(2)28-29-55(3,4)47-34-50-45(33-46(47)54)44-31-38-20-11-12-21-39(38)32-49(44)59(50)48-27-15-24-41-42(48)25-14-26-43(41)53-57-51(36-18-9-6-10-19-36)56-52(58-53)40-23-13-22-37(30-40)35-16-7-5-8-17-35/h5-27,30-34H,28-29H2,1-4H3. The molecule has 0 spiro atoms. The second-order valence-electron chi connectivity index (χ2n) is 17.5. The summed E-state index contributed by atoms with van der Waals surface area (Å²) in [5.41, 5.74) is 11.8. The molecule has 4 nitrogen and oxygen atoms in total. The lowest BCUT2D eigenvalue weighted by atomic mass is 9.63. The molecule has 0 amide bonds. The molecule has 0 saturated heterocycles. The van der Waals surface area contributed by atoms with E-state index >= 15 is 0 Å². The molecule has 0 aliphatic heterocycles. The van der Waals surface area contributed by atoms with Crippen LogP contribution in [0.1, 0.15) is 51.7 Å². The molecule has 0 radical (unpaired) electrons. The fourth-order valence-corrected chi connectivity index (χ4v) is 9.52. The summed E-state index contributed by atoms with van der Waals surface area (Å²) in [4.78, 5) is 15.6. The first-order valence-electron chi connectivity index (χ1n) is 20.7. The fraction of sp³-hybridized carbons (Fsp3) is 0.145. The van der Waals surface area contributed by atoms with Gasteiger partial charge >= 0.3 is 0 Å². The molecule has 1 aliphatic carbocycles. The van der Waals surface area contributed by atoms with Crippen molar-refractivity contribution in [2.45, 2.75) is 51.4 Å². The van der Waals surface area contributed by atoms with E-state index in [0.29, 0.717) is 17.5 Å². The van der Waals surface area contributed by atoms with Crippen LogP contribution in [0.2, 0.25) is 0 Å². The summed E-state index contributed by atoms with van der Waals surface area (Å²) in [5.74, 6) is 1.94. The molecule has 0 saturated carbocycles. The molecule has 11 rings (SSSR count). The van der Waals surface area contributed by atoms with Crippen LogP contribution in [0.25, 0.3) is 94.3 Å². The zero-order valence-electron chi connectivity index (χ0n) is 33.9. The zero-order chi connectivity index (χ0) is 39.9.